The van der Waals surface area contributed by atoms with E-state index in [2.05, 4.69) is 38.1 Å². The van der Waals surface area contributed by atoms with Crippen molar-refractivity contribution in [1.82, 2.24) is 0 Å². The highest BCUT2D eigenvalue weighted by molar-refractivity contribution is 5.85. The molecule has 4 rings (SSSR count). The van der Waals surface area contributed by atoms with Crippen LogP contribution in [0.15, 0.2) is 91.0 Å². The Labute approximate surface area is 160 Å². The van der Waals surface area contributed by atoms with Crippen molar-refractivity contribution in [1.29, 1.82) is 0 Å². The van der Waals surface area contributed by atoms with Crippen LogP contribution in [0.5, 0.6) is 11.5 Å². The maximum absolute atomic E-state index is 6.28. The summed E-state index contributed by atoms with van der Waals surface area (Å²) in [6.45, 7) is 4.13. The maximum Gasteiger partial charge on any atom is 0.268 e. The quantitative estimate of drug-likeness (QED) is 0.375. The number of benzene rings is 4. The summed E-state index contributed by atoms with van der Waals surface area (Å²) in [6, 6.07) is 30.6. The van der Waals surface area contributed by atoms with Gasteiger partial charge in [0.25, 0.3) is 6.29 Å². The summed E-state index contributed by atoms with van der Waals surface area (Å²) >= 11 is 0. The number of hydrogen-bond donors (Lipinski definition) is 0. The van der Waals surface area contributed by atoms with Gasteiger partial charge in [0.15, 0.2) is 0 Å². The van der Waals surface area contributed by atoms with E-state index in [1.54, 1.807) is 0 Å². The van der Waals surface area contributed by atoms with Gasteiger partial charge < -0.3 is 9.47 Å². The number of fused-ring (bicyclic) bond motifs is 1. The van der Waals surface area contributed by atoms with Gasteiger partial charge in [-0.3, -0.25) is 0 Å². The molecule has 0 radical (unpaired) electrons. The van der Waals surface area contributed by atoms with E-state index >= 15 is 0 Å². The largest absolute Gasteiger partial charge is 0.451 e. The minimum Gasteiger partial charge on any atom is -0.451 e. The molecule has 0 amide bonds. The molecular formula is C25H22O2. The van der Waals surface area contributed by atoms with E-state index < -0.39 is 6.29 Å². The molecule has 0 fully saturated rings. The minimum atomic E-state index is -0.540. The van der Waals surface area contributed by atoms with E-state index in [-0.39, 0.29) is 0 Å². The summed E-state index contributed by atoms with van der Waals surface area (Å²) in [5, 5.41) is 2.30. The van der Waals surface area contributed by atoms with Crippen LogP contribution in [-0.4, -0.2) is 0 Å². The van der Waals surface area contributed by atoms with E-state index in [1.807, 2.05) is 66.7 Å². The third-order valence-electron chi connectivity index (χ3n) is 4.61. The molecule has 0 heterocycles. The molecule has 0 aliphatic carbocycles. The van der Waals surface area contributed by atoms with Crippen LogP contribution in [0.4, 0.5) is 0 Å². The van der Waals surface area contributed by atoms with Crippen molar-refractivity contribution in [3.05, 3.63) is 108 Å². The Bertz CT molecular complexity index is 981. The van der Waals surface area contributed by atoms with E-state index in [1.165, 1.54) is 16.5 Å². The summed E-state index contributed by atoms with van der Waals surface area (Å²) in [6.07, 6.45) is -0.540. The molecule has 0 atom stereocenters. The van der Waals surface area contributed by atoms with Crippen LogP contribution in [-0.2, 0) is 0 Å². The van der Waals surface area contributed by atoms with Crippen molar-refractivity contribution in [2.24, 2.45) is 0 Å². The fourth-order valence-electron chi connectivity index (χ4n) is 3.09. The van der Waals surface area contributed by atoms with Crippen molar-refractivity contribution >= 4 is 10.8 Å². The molecule has 27 heavy (non-hydrogen) atoms. The van der Waals surface area contributed by atoms with Gasteiger partial charge in [0.05, 0.1) is 0 Å². The van der Waals surface area contributed by atoms with Crippen molar-refractivity contribution in [2.45, 2.75) is 20.1 Å². The standard InChI is InChI=1S/C25H22O2/c1-18-10-14-21(15-11-18)26-25(27-22-16-12-19(2)13-17-22)24-9-5-7-20-6-3-4-8-23(20)24/h3-17,25H,1-2H3. The fourth-order valence-corrected chi connectivity index (χ4v) is 3.09. The molecule has 0 aromatic heterocycles. The average molecular weight is 354 g/mol. The van der Waals surface area contributed by atoms with Gasteiger partial charge in [0.1, 0.15) is 11.5 Å². The first kappa shape index (κ1) is 17.2. The van der Waals surface area contributed by atoms with Crippen LogP contribution >= 0.6 is 0 Å². The molecule has 134 valence electrons. The second-order valence-corrected chi connectivity index (χ2v) is 6.76. The molecule has 0 spiro atoms. The monoisotopic (exact) mass is 354 g/mol. The highest BCUT2D eigenvalue weighted by Gasteiger charge is 2.18. The summed E-state index contributed by atoms with van der Waals surface area (Å²) in [4.78, 5) is 0. The molecule has 4 aromatic rings. The molecule has 0 aliphatic rings. The summed E-state index contributed by atoms with van der Waals surface area (Å²) in [5.41, 5.74) is 3.40. The topological polar surface area (TPSA) is 18.5 Å². The Kier molecular flexibility index (Phi) is 4.80. The highest BCUT2D eigenvalue weighted by atomic mass is 16.7. The highest BCUT2D eigenvalue weighted by Crippen LogP contribution is 2.31. The molecule has 0 bridgehead atoms. The van der Waals surface area contributed by atoms with Crippen molar-refractivity contribution in [3.63, 3.8) is 0 Å². The van der Waals surface area contributed by atoms with E-state index in [0.717, 1.165) is 22.4 Å². The fraction of sp³-hybridized carbons (Fsp3) is 0.120. The van der Waals surface area contributed by atoms with Gasteiger partial charge in [-0.15, -0.1) is 0 Å². The lowest BCUT2D eigenvalue weighted by Gasteiger charge is -2.22. The van der Waals surface area contributed by atoms with Crippen LogP contribution in [0.25, 0.3) is 10.8 Å². The Hall–Kier alpha value is -3.26. The van der Waals surface area contributed by atoms with E-state index in [9.17, 15) is 0 Å². The molecule has 4 aromatic carbocycles. The normalized spacial score (nSPS) is 10.9. The number of rotatable bonds is 5. The molecule has 0 saturated carbocycles. The second kappa shape index (κ2) is 7.55. The summed E-state index contributed by atoms with van der Waals surface area (Å²) < 4.78 is 12.6. The Balaban J connectivity index is 1.74. The lowest BCUT2D eigenvalue weighted by Crippen LogP contribution is -2.15. The van der Waals surface area contributed by atoms with Crippen molar-refractivity contribution in [2.75, 3.05) is 0 Å². The first-order valence-corrected chi connectivity index (χ1v) is 9.13. The first-order valence-electron chi connectivity index (χ1n) is 9.13. The molecule has 0 unspecified atom stereocenters. The molecule has 0 aliphatic heterocycles. The number of ether oxygens (including phenoxy) is 2. The minimum absolute atomic E-state index is 0.540. The third-order valence-corrected chi connectivity index (χ3v) is 4.61. The molecule has 2 nitrogen and oxygen atoms in total. The summed E-state index contributed by atoms with van der Waals surface area (Å²) in [5.74, 6) is 1.57. The predicted octanol–water partition coefficient (Wildman–Crippen LogP) is 6.61. The van der Waals surface area contributed by atoms with Gasteiger partial charge in [-0.1, -0.05) is 77.9 Å². The second-order valence-electron chi connectivity index (χ2n) is 6.76. The van der Waals surface area contributed by atoms with Gasteiger partial charge in [-0.05, 0) is 48.9 Å². The van der Waals surface area contributed by atoms with Crippen LogP contribution in [0, 0.1) is 13.8 Å². The van der Waals surface area contributed by atoms with Gasteiger partial charge in [0, 0.05) is 5.56 Å². The Morgan fingerprint density at radius 3 is 1.67 bits per heavy atom. The van der Waals surface area contributed by atoms with Gasteiger partial charge in [0.2, 0.25) is 0 Å². The smallest absolute Gasteiger partial charge is 0.268 e. The van der Waals surface area contributed by atoms with E-state index in [0.29, 0.717) is 0 Å². The third kappa shape index (κ3) is 3.95. The van der Waals surface area contributed by atoms with Crippen molar-refractivity contribution in [3.8, 4) is 11.5 Å². The molecule has 2 heteroatoms. The van der Waals surface area contributed by atoms with Crippen LogP contribution in [0.1, 0.15) is 23.0 Å². The average Bonchev–Trinajstić information content (AvgIpc) is 2.70. The van der Waals surface area contributed by atoms with Crippen LogP contribution in [0.2, 0.25) is 0 Å². The lowest BCUT2D eigenvalue weighted by molar-refractivity contribution is 0.00500. The number of aryl methyl sites for hydroxylation is 2. The maximum atomic E-state index is 6.28. The Morgan fingerprint density at radius 2 is 1.07 bits per heavy atom. The van der Waals surface area contributed by atoms with Crippen molar-refractivity contribution < 1.29 is 9.47 Å². The zero-order chi connectivity index (χ0) is 18.6. The SMILES string of the molecule is Cc1ccc(OC(Oc2ccc(C)cc2)c2cccc3ccccc23)cc1. The van der Waals surface area contributed by atoms with Gasteiger partial charge in [-0.2, -0.15) is 0 Å². The van der Waals surface area contributed by atoms with Crippen LogP contribution < -0.4 is 9.47 Å². The predicted molar refractivity (Wildman–Crippen MR) is 110 cm³/mol. The Morgan fingerprint density at radius 1 is 0.556 bits per heavy atom. The lowest BCUT2D eigenvalue weighted by atomic mass is 10.0. The zero-order valence-electron chi connectivity index (χ0n) is 15.6. The number of hydrogen-bond acceptors (Lipinski definition) is 2. The van der Waals surface area contributed by atoms with Gasteiger partial charge >= 0.3 is 0 Å². The van der Waals surface area contributed by atoms with Gasteiger partial charge in [-0.25, -0.2) is 0 Å². The summed E-state index contributed by atoms with van der Waals surface area (Å²) in [7, 11) is 0. The van der Waals surface area contributed by atoms with E-state index in [4.69, 9.17) is 9.47 Å². The first-order chi connectivity index (χ1) is 13.2. The molecule has 0 saturated heterocycles. The zero-order valence-corrected chi connectivity index (χ0v) is 15.6. The van der Waals surface area contributed by atoms with Crippen LogP contribution in [0.3, 0.4) is 0 Å². The molecular weight excluding hydrogens is 332 g/mol. The molecule has 0 N–H and O–H groups in total.